The van der Waals surface area contributed by atoms with Crippen molar-refractivity contribution >= 4 is 18.4 Å². The van der Waals surface area contributed by atoms with Gasteiger partial charge in [0.05, 0.1) is 0 Å². The van der Waals surface area contributed by atoms with Gasteiger partial charge in [-0.3, -0.25) is 4.79 Å². The van der Waals surface area contributed by atoms with E-state index >= 15 is 0 Å². The third-order valence-corrected chi connectivity index (χ3v) is 1.32. The minimum Gasteiger partial charge on any atom is -0.481 e. The van der Waals surface area contributed by atoms with Crippen molar-refractivity contribution in [3.05, 3.63) is 0 Å². The van der Waals surface area contributed by atoms with Gasteiger partial charge >= 0.3 is 5.97 Å². The Kier molecular flexibility index (Phi) is 12.7. The van der Waals surface area contributed by atoms with Gasteiger partial charge in [0.15, 0.2) is 0 Å². The van der Waals surface area contributed by atoms with Crippen molar-refractivity contribution < 1.29 is 14.6 Å². The first-order chi connectivity index (χ1) is 5.27. The van der Waals surface area contributed by atoms with Gasteiger partial charge in [-0.2, -0.15) is 0 Å². The highest BCUT2D eigenvalue weighted by atomic mass is 35.5. The Morgan fingerprint density at radius 1 is 1.33 bits per heavy atom. The first-order valence-electron chi connectivity index (χ1n) is 4.07. The fraction of sp³-hybridized carbons (Fsp3) is 0.875. The van der Waals surface area contributed by atoms with Crippen LogP contribution in [0.5, 0.6) is 0 Å². The molecule has 0 fully saturated rings. The standard InChI is InChI=1S/C8H16O3.ClH/c1-2-3-6-11-7-4-5-8(9)10;/h2-7H2,1H3,(H,9,10);1H. The molecule has 1 N–H and O–H groups in total. The average Bonchev–Trinajstić information content (AvgIpc) is 1.96. The molecule has 0 spiro atoms. The third-order valence-electron chi connectivity index (χ3n) is 1.32. The van der Waals surface area contributed by atoms with Crippen LogP contribution in [0.3, 0.4) is 0 Å². The van der Waals surface area contributed by atoms with Gasteiger partial charge in [0.25, 0.3) is 0 Å². The maximum absolute atomic E-state index is 10.0. The zero-order valence-electron chi connectivity index (χ0n) is 7.41. The molecule has 0 aromatic carbocycles. The number of aliphatic carboxylic acids is 1. The van der Waals surface area contributed by atoms with Gasteiger partial charge in [-0.1, -0.05) is 13.3 Å². The lowest BCUT2D eigenvalue weighted by atomic mass is 10.3. The average molecular weight is 197 g/mol. The van der Waals surface area contributed by atoms with Crippen LogP contribution in [0.15, 0.2) is 0 Å². The van der Waals surface area contributed by atoms with Crippen LogP contribution in [0.2, 0.25) is 0 Å². The molecule has 0 radical (unpaired) electrons. The summed E-state index contributed by atoms with van der Waals surface area (Å²) in [6.45, 7) is 3.43. The van der Waals surface area contributed by atoms with Gasteiger partial charge in [-0.15, -0.1) is 12.4 Å². The summed E-state index contributed by atoms with van der Waals surface area (Å²) in [5, 5.41) is 8.26. The van der Waals surface area contributed by atoms with E-state index in [1.165, 1.54) is 0 Å². The Balaban J connectivity index is 0. The Labute approximate surface area is 79.5 Å². The van der Waals surface area contributed by atoms with Gasteiger partial charge in [0, 0.05) is 19.6 Å². The molecule has 0 saturated carbocycles. The molecule has 0 atom stereocenters. The van der Waals surface area contributed by atoms with Gasteiger partial charge in [0.1, 0.15) is 0 Å². The number of hydrogen-bond acceptors (Lipinski definition) is 2. The van der Waals surface area contributed by atoms with Crippen LogP contribution in [-0.2, 0) is 9.53 Å². The molecule has 0 unspecified atom stereocenters. The van der Waals surface area contributed by atoms with E-state index in [4.69, 9.17) is 9.84 Å². The molecule has 0 bridgehead atoms. The van der Waals surface area contributed by atoms with E-state index in [9.17, 15) is 4.79 Å². The fourth-order valence-electron chi connectivity index (χ4n) is 0.674. The quantitative estimate of drug-likeness (QED) is 0.635. The molecule has 0 amide bonds. The van der Waals surface area contributed by atoms with Crippen molar-refractivity contribution in [1.82, 2.24) is 0 Å². The first kappa shape index (κ1) is 14.3. The van der Waals surface area contributed by atoms with Gasteiger partial charge < -0.3 is 9.84 Å². The SMILES string of the molecule is CCCCOCCCC(=O)O.Cl. The van der Waals surface area contributed by atoms with E-state index in [0.717, 1.165) is 19.4 Å². The summed E-state index contributed by atoms with van der Waals surface area (Å²) in [7, 11) is 0. The number of carboxylic acid groups (broad SMARTS) is 1. The van der Waals surface area contributed by atoms with E-state index < -0.39 is 5.97 Å². The van der Waals surface area contributed by atoms with Gasteiger partial charge in [-0.05, 0) is 12.8 Å². The molecule has 0 saturated heterocycles. The molecule has 0 aromatic heterocycles. The van der Waals surface area contributed by atoms with Crippen LogP contribution in [0.4, 0.5) is 0 Å². The van der Waals surface area contributed by atoms with Crippen LogP contribution in [-0.4, -0.2) is 24.3 Å². The monoisotopic (exact) mass is 196 g/mol. The zero-order valence-corrected chi connectivity index (χ0v) is 8.23. The van der Waals surface area contributed by atoms with Gasteiger partial charge in [0.2, 0.25) is 0 Å². The second kappa shape index (κ2) is 10.7. The van der Waals surface area contributed by atoms with Crippen molar-refractivity contribution in [3.8, 4) is 0 Å². The number of ether oxygens (including phenoxy) is 1. The second-order valence-electron chi connectivity index (χ2n) is 2.46. The maximum Gasteiger partial charge on any atom is 0.303 e. The normalized spacial score (nSPS) is 9.08. The number of halogens is 1. The summed E-state index contributed by atoms with van der Waals surface area (Å²) in [5.74, 6) is -0.746. The molecule has 0 aliphatic rings. The van der Waals surface area contributed by atoms with Gasteiger partial charge in [-0.25, -0.2) is 0 Å². The highest BCUT2D eigenvalue weighted by Crippen LogP contribution is 1.92. The molecule has 12 heavy (non-hydrogen) atoms. The van der Waals surface area contributed by atoms with Crippen LogP contribution >= 0.6 is 12.4 Å². The first-order valence-corrected chi connectivity index (χ1v) is 4.07. The van der Waals surface area contributed by atoms with E-state index in [2.05, 4.69) is 6.92 Å². The Morgan fingerprint density at radius 3 is 2.42 bits per heavy atom. The summed E-state index contributed by atoms with van der Waals surface area (Å²) in [6.07, 6.45) is 3.02. The summed E-state index contributed by atoms with van der Waals surface area (Å²) in [6, 6.07) is 0. The van der Waals surface area contributed by atoms with Crippen LogP contribution < -0.4 is 0 Å². The lowest BCUT2D eigenvalue weighted by Gasteiger charge is -2.00. The highest BCUT2D eigenvalue weighted by molar-refractivity contribution is 5.85. The van der Waals surface area contributed by atoms with Crippen molar-refractivity contribution in [2.45, 2.75) is 32.6 Å². The molecular formula is C8H17ClO3. The molecule has 74 valence electrons. The Bertz CT molecular complexity index is 106. The summed E-state index contributed by atoms with van der Waals surface area (Å²) >= 11 is 0. The summed E-state index contributed by atoms with van der Waals surface area (Å²) in [4.78, 5) is 10.0. The number of carbonyl (C=O) groups is 1. The van der Waals surface area contributed by atoms with E-state index in [0.29, 0.717) is 13.0 Å². The van der Waals surface area contributed by atoms with Crippen LogP contribution in [0, 0.1) is 0 Å². The van der Waals surface area contributed by atoms with E-state index in [1.54, 1.807) is 0 Å². The molecule has 0 heterocycles. The predicted octanol–water partition coefficient (Wildman–Crippen LogP) is 2.09. The number of carboxylic acids is 1. The summed E-state index contributed by atoms with van der Waals surface area (Å²) in [5.41, 5.74) is 0. The molecule has 0 rings (SSSR count). The number of unbranched alkanes of at least 4 members (excludes halogenated alkanes) is 1. The Morgan fingerprint density at radius 2 is 1.92 bits per heavy atom. The highest BCUT2D eigenvalue weighted by Gasteiger charge is 1.95. The van der Waals surface area contributed by atoms with Crippen LogP contribution in [0.1, 0.15) is 32.6 Å². The lowest BCUT2D eigenvalue weighted by Crippen LogP contribution is -2.00. The summed E-state index contributed by atoms with van der Waals surface area (Å²) < 4.78 is 5.16. The molecule has 4 heteroatoms. The Hall–Kier alpha value is -0.280. The number of hydrogen-bond donors (Lipinski definition) is 1. The number of rotatable bonds is 7. The molecule has 0 aliphatic heterocycles. The topological polar surface area (TPSA) is 46.5 Å². The molecule has 0 aliphatic carbocycles. The molecule has 0 aromatic rings. The van der Waals surface area contributed by atoms with E-state index in [-0.39, 0.29) is 18.8 Å². The van der Waals surface area contributed by atoms with Crippen molar-refractivity contribution in [2.75, 3.05) is 13.2 Å². The maximum atomic E-state index is 10.0. The predicted molar refractivity (Wildman–Crippen MR) is 49.8 cm³/mol. The lowest BCUT2D eigenvalue weighted by molar-refractivity contribution is -0.137. The minimum atomic E-state index is -0.746. The zero-order chi connectivity index (χ0) is 8.53. The second-order valence-corrected chi connectivity index (χ2v) is 2.46. The third kappa shape index (κ3) is 12.4. The van der Waals surface area contributed by atoms with Crippen molar-refractivity contribution in [3.63, 3.8) is 0 Å². The van der Waals surface area contributed by atoms with Crippen LogP contribution in [0.25, 0.3) is 0 Å². The molecule has 3 nitrogen and oxygen atoms in total. The smallest absolute Gasteiger partial charge is 0.303 e. The van der Waals surface area contributed by atoms with Crippen molar-refractivity contribution in [1.29, 1.82) is 0 Å². The van der Waals surface area contributed by atoms with Crippen molar-refractivity contribution in [2.24, 2.45) is 0 Å². The fourth-order valence-corrected chi connectivity index (χ4v) is 0.674. The molecular weight excluding hydrogens is 180 g/mol. The largest absolute Gasteiger partial charge is 0.481 e. The van der Waals surface area contributed by atoms with E-state index in [1.807, 2.05) is 0 Å². The minimum absolute atomic E-state index is 0.